The lowest BCUT2D eigenvalue weighted by Gasteiger charge is -2.28. The maximum atomic E-state index is 13.5. The SMILES string of the molecule is CN(c1ccc(OCc2cccc(F)c2)c(Cl)c1)C(CS(C)(=O)=O)c1ccc(-c2ccc3ncnc(N)c3c2)o1. The number of ether oxygens (including phenoxy) is 1. The highest BCUT2D eigenvalue weighted by atomic mass is 35.5. The van der Waals surface area contributed by atoms with Gasteiger partial charge in [-0.25, -0.2) is 22.8 Å². The van der Waals surface area contributed by atoms with Crippen molar-refractivity contribution in [3.8, 4) is 17.1 Å². The molecule has 8 nitrogen and oxygen atoms in total. The fourth-order valence-electron chi connectivity index (χ4n) is 4.38. The van der Waals surface area contributed by atoms with Crippen LogP contribution in [0.3, 0.4) is 0 Å². The second-order valence-corrected chi connectivity index (χ2v) is 12.0. The fraction of sp³-hybridized carbons (Fsp3) is 0.172. The Morgan fingerprint density at radius 1 is 1.07 bits per heavy atom. The van der Waals surface area contributed by atoms with Crippen LogP contribution < -0.4 is 15.4 Å². The second-order valence-electron chi connectivity index (χ2n) is 9.45. The van der Waals surface area contributed by atoms with Crippen LogP contribution in [-0.4, -0.2) is 37.4 Å². The number of furan rings is 1. The number of rotatable bonds is 9. The molecule has 0 spiro atoms. The lowest BCUT2D eigenvalue weighted by Crippen LogP contribution is -2.29. The standard InChI is InChI=1S/C29H26ClFN4O4S/c1-35(21-7-9-27(23(30)14-21)38-15-18-4-3-5-20(31)12-18)25(16-40(2,36)37)28-11-10-26(39-28)19-6-8-24-22(13-19)29(32)34-17-33-24/h3-14,17,25H,15-16H2,1-2H3,(H2,32,33,34). The number of nitrogens with two attached hydrogens (primary N) is 1. The number of nitrogens with zero attached hydrogens (tertiary/aromatic N) is 3. The third-order valence-corrected chi connectivity index (χ3v) is 7.66. The van der Waals surface area contributed by atoms with Gasteiger partial charge in [0.15, 0.2) is 0 Å². The zero-order valence-corrected chi connectivity index (χ0v) is 23.3. The van der Waals surface area contributed by atoms with Gasteiger partial charge in [0.05, 0.1) is 16.3 Å². The molecule has 3 aromatic carbocycles. The van der Waals surface area contributed by atoms with E-state index in [4.69, 9.17) is 26.5 Å². The number of anilines is 2. The molecular weight excluding hydrogens is 555 g/mol. The molecule has 11 heteroatoms. The summed E-state index contributed by atoms with van der Waals surface area (Å²) in [6, 6.07) is 19.7. The Morgan fingerprint density at radius 2 is 1.90 bits per heavy atom. The summed E-state index contributed by atoms with van der Waals surface area (Å²) < 4.78 is 50.3. The molecule has 0 bridgehead atoms. The van der Waals surface area contributed by atoms with Crippen LogP contribution in [0.5, 0.6) is 5.75 Å². The molecule has 0 aliphatic carbocycles. The average molecular weight is 581 g/mol. The predicted molar refractivity (Wildman–Crippen MR) is 155 cm³/mol. The molecule has 2 aromatic heterocycles. The summed E-state index contributed by atoms with van der Waals surface area (Å²) in [7, 11) is -1.63. The molecule has 0 aliphatic rings. The van der Waals surface area contributed by atoms with E-state index in [2.05, 4.69) is 9.97 Å². The smallest absolute Gasteiger partial charge is 0.149 e. The lowest BCUT2D eigenvalue weighted by molar-refractivity contribution is 0.306. The van der Waals surface area contributed by atoms with E-state index in [0.29, 0.717) is 50.3 Å². The number of hydrogen-bond donors (Lipinski definition) is 1. The van der Waals surface area contributed by atoms with Gasteiger partial charge in [0.2, 0.25) is 0 Å². The van der Waals surface area contributed by atoms with E-state index in [9.17, 15) is 12.8 Å². The molecule has 2 N–H and O–H groups in total. The topological polar surface area (TPSA) is 112 Å². The van der Waals surface area contributed by atoms with Crippen molar-refractivity contribution in [2.45, 2.75) is 12.6 Å². The van der Waals surface area contributed by atoms with Crippen LogP contribution in [0, 0.1) is 5.82 Å². The number of benzene rings is 3. The number of aromatic nitrogens is 2. The minimum absolute atomic E-state index is 0.144. The van der Waals surface area contributed by atoms with E-state index in [1.54, 1.807) is 54.4 Å². The van der Waals surface area contributed by atoms with Gasteiger partial charge in [0.25, 0.3) is 0 Å². The zero-order valence-electron chi connectivity index (χ0n) is 21.7. The van der Waals surface area contributed by atoms with Crippen LogP contribution in [0.4, 0.5) is 15.9 Å². The van der Waals surface area contributed by atoms with Crippen molar-refractivity contribution in [3.63, 3.8) is 0 Å². The van der Waals surface area contributed by atoms with Crippen LogP contribution in [0.1, 0.15) is 17.4 Å². The van der Waals surface area contributed by atoms with E-state index in [1.165, 1.54) is 24.7 Å². The largest absolute Gasteiger partial charge is 0.487 e. The molecule has 40 heavy (non-hydrogen) atoms. The van der Waals surface area contributed by atoms with E-state index in [-0.39, 0.29) is 18.2 Å². The lowest BCUT2D eigenvalue weighted by atomic mass is 10.1. The first-order valence-corrected chi connectivity index (χ1v) is 14.7. The van der Waals surface area contributed by atoms with Gasteiger partial charge in [-0.2, -0.15) is 0 Å². The van der Waals surface area contributed by atoms with Crippen molar-refractivity contribution in [3.05, 3.63) is 101 Å². The Morgan fingerprint density at radius 3 is 2.65 bits per heavy atom. The van der Waals surface area contributed by atoms with Crippen molar-refractivity contribution >= 4 is 43.8 Å². The number of fused-ring (bicyclic) bond motifs is 1. The highest BCUT2D eigenvalue weighted by Gasteiger charge is 2.26. The Kier molecular flexibility index (Phi) is 7.64. The molecule has 2 heterocycles. The maximum Gasteiger partial charge on any atom is 0.149 e. The van der Waals surface area contributed by atoms with Crippen LogP contribution in [-0.2, 0) is 16.4 Å². The minimum Gasteiger partial charge on any atom is -0.487 e. The van der Waals surface area contributed by atoms with E-state index >= 15 is 0 Å². The molecular formula is C29H26ClFN4O4S. The van der Waals surface area contributed by atoms with Crippen molar-refractivity contribution in [1.82, 2.24) is 9.97 Å². The van der Waals surface area contributed by atoms with E-state index in [1.807, 2.05) is 18.2 Å². The quantitative estimate of drug-likeness (QED) is 0.224. The summed E-state index contributed by atoms with van der Waals surface area (Å²) in [6.45, 7) is 0.144. The number of halogens is 2. The Balaban J connectivity index is 1.41. The Labute approximate surface area is 236 Å². The maximum absolute atomic E-state index is 13.5. The fourth-order valence-corrected chi connectivity index (χ4v) is 5.57. The van der Waals surface area contributed by atoms with Crippen LogP contribution in [0.15, 0.2) is 83.5 Å². The summed E-state index contributed by atoms with van der Waals surface area (Å²) in [5, 5.41) is 1.02. The van der Waals surface area contributed by atoms with Gasteiger partial charge < -0.3 is 19.8 Å². The van der Waals surface area contributed by atoms with Gasteiger partial charge in [-0.15, -0.1) is 0 Å². The molecule has 0 radical (unpaired) electrons. The normalized spacial score (nSPS) is 12.4. The summed E-state index contributed by atoms with van der Waals surface area (Å²) in [5.74, 6) is 1.25. The van der Waals surface area contributed by atoms with Crippen LogP contribution >= 0.6 is 11.6 Å². The number of nitrogen functional groups attached to an aromatic ring is 1. The van der Waals surface area contributed by atoms with Gasteiger partial charge in [0, 0.05) is 29.9 Å². The number of hydrogen-bond acceptors (Lipinski definition) is 8. The summed E-state index contributed by atoms with van der Waals surface area (Å²) in [6.07, 6.45) is 2.59. The van der Waals surface area contributed by atoms with Gasteiger partial charge in [0.1, 0.15) is 57.7 Å². The monoisotopic (exact) mass is 580 g/mol. The van der Waals surface area contributed by atoms with Crippen molar-refractivity contribution < 1.29 is 22.0 Å². The van der Waals surface area contributed by atoms with Gasteiger partial charge in [-0.3, -0.25) is 0 Å². The molecule has 1 unspecified atom stereocenters. The molecule has 5 rings (SSSR count). The third kappa shape index (κ3) is 6.19. The first kappa shape index (κ1) is 27.4. The second kappa shape index (κ2) is 11.1. The Bertz CT molecular complexity index is 1790. The van der Waals surface area contributed by atoms with Crippen LogP contribution in [0.2, 0.25) is 5.02 Å². The molecule has 0 amide bonds. The average Bonchev–Trinajstić information content (AvgIpc) is 3.40. The molecule has 5 aromatic rings. The molecule has 0 fully saturated rings. The van der Waals surface area contributed by atoms with Gasteiger partial charge in [-0.05, 0) is 66.2 Å². The first-order valence-electron chi connectivity index (χ1n) is 12.2. The summed E-state index contributed by atoms with van der Waals surface area (Å²) in [4.78, 5) is 10.1. The predicted octanol–water partition coefficient (Wildman–Crippen LogP) is 6.07. The Hall–Kier alpha value is -4.15. The zero-order chi connectivity index (χ0) is 28.4. The summed E-state index contributed by atoms with van der Waals surface area (Å²) >= 11 is 6.51. The minimum atomic E-state index is -3.40. The van der Waals surface area contributed by atoms with Crippen LogP contribution in [0.25, 0.3) is 22.2 Å². The number of sulfone groups is 1. The molecule has 206 valence electrons. The van der Waals surface area contributed by atoms with Gasteiger partial charge >= 0.3 is 0 Å². The third-order valence-electron chi connectivity index (χ3n) is 6.44. The van der Waals surface area contributed by atoms with E-state index < -0.39 is 15.9 Å². The highest BCUT2D eigenvalue weighted by Crippen LogP contribution is 2.36. The summed E-state index contributed by atoms with van der Waals surface area (Å²) in [5.41, 5.74) is 8.80. The van der Waals surface area contributed by atoms with E-state index in [0.717, 1.165) is 5.56 Å². The highest BCUT2D eigenvalue weighted by molar-refractivity contribution is 7.90. The molecule has 0 saturated carbocycles. The van der Waals surface area contributed by atoms with Crippen molar-refractivity contribution in [2.75, 3.05) is 29.7 Å². The first-order chi connectivity index (χ1) is 19.1. The molecule has 0 aliphatic heterocycles. The molecule has 0 saturated heterocycles. The molecule has 1 atom stereocenters. The van der Waals surface area contributed by atoms with Crippen molar-refractivity contribution in [1.29, 1.82) is 0 Å². The van der Waals surface area contributed by atoms with Gasteiger partial charge in [-0.1, -0.05) is 23.7 Å². The van der Waals surface area contributed by atoms with Crippen molar-refractivity contribution in [2.24, 2.45) is 0 Å².